The minimum absolute atomic E-state index is 0. The van der Waals surface area contributed by atoms with E-state index in [0.717, 1.165) is 38.0 Å². The Hall–Kier alpha value is 1.76. The number of nitrogens with one attached hydrogen (secondary N) is 4. The van der Waals surface area contributed by atoms with Gasteiger partial charge in [-0.1, -0.05) is 0 Å². The Labute approximate surface area is 210 Å². The van der Waals surface area contributed by atoms with E-state index >= 15 is 0 Å². The first-order valence-corrected chi connectivity index (χ1v) is 10.1. The van der Waals surface area contributed by atoms with Crippen LogP contribution in [0, 0.1) is 11.8 Å². The van der Waals surface area contributed by atoms with Gasteiger partial charge < -0.3 is 21.3 Å². The van der Waals surface area contributed by atoms with Crippen molar-refractivity contribution in [2.45, 2.75) is 70.9 Å². The van der Waals surface area contributed by atoms with Gasteiger partial charge >= 0.3 is 0 Å². The van der Waals surface area contributed by atoms with E-state index in [9.17, 15) is 0 Å². The normalized spacial score (nSPS) is 17.6. The highest BCUT2D eigenvalue weighted by Crippen LogP contribution is 2.28. The lowest BCUT2D eigenvalue weighted by molar-refractivity contribution is 0.468. The van der Waals surface area contributed by atoms with Crippen molar-refractivity contribution in [1.29, 1.82) is 0 Å². The molecule has 4 nitrogen and oxygen atoms in total. The lowest BCUT2D eigenvalue weighted by Crippen LogP contribution is -2.33. The second-order valence-corrected chi connectivity index (χ2v) is 7.94. The van der Waals surface area contributed by atoms with Crippen molar-refractivity contribution in [3.05, 3.63) is 0 Å². The number of rotatable bonds is 16. The topological polar surface area (TPSA) is 48.1 Å². The molecule has 8 heteroatoms. The standard InChI is InChI=1S/C19H40N4.4BrH/c1-16(22-14-18-4-5-18)8-12-20-10-3-11-21-13-9-17(2)23-15-19-6-7-19;;;;/h16-23H,3-15H2,1-2H3;4*1H. The van der Waals surface area contributed by atoms with Gasteiger partial charge in [0.1, 0.15) is 0 Å². The molecule has 2 atom stereocenters. The van der Waals surface area contributed by atoms with Gasteiger partial charge in [-0.05, 0) is 110 Å². The van der Waals surface area contributed by atoms with Crippen molar-refractivity contribution in [3.8, 4) is 0 Å². The van der Waals surface area contributed by atoms with Crippen LogP contribution < -0.4 is 21.3 Å². The summed E-state index contributed by atoms with van der Waals surface area (Å²) in [5.74, 6) is 1.98. The lowest BCUT2D eigenvalue weighted by atomic mass is 10.2. The Morgan fingerprint density at radius 3 is 1.33 bits per heavy atom. The van der Waals surface area contributed by atoms with Crippen molar-refractivity contribution in [2.75, 3.05) is 39.3 Å². The van der Waals surface area contributed by atoms with Crippen molar-refractivity contribution in [2.24, 2.45) is 11.8 Å². The summed E-state index contributed by atoms with van der Waals surface area (Å²) in [6, 6.07) is 1.32. The molecule has 168 valence electrons. The van der Waals surface area contributed by atoms with Crippen LogP contribution in [0.25, 0.3) is 0 Å². The summed E-state index contributed by atoms with van der Waals surface area (Å²) >= 11 is 0. The average Bonchev–Trinajstić information content (AvgIpc) is 3.43. The fourth-order valence-electron chi connectivity index (χ4n) is 2.81. The van der Waals surface area contributed by atoms with Crippen molar-refractivity contribution < 1.29 is 0 Å². The maximum atomic E-state index is 3.64. The maximum absolute atomic E-state index is 3.64. The zero-order chi connectivity index (χ0) is 16.3. The molecule has 27 heavy (non-hydrogen) atoms. The van der Waals surface area contributed by atoms with Gasteiger partial charge in [0.05, 0.1) is 0 Å². The highest BCUT2D eigenvalue weighted by Gasteiger charge is 2.21. The highest BCUT2D eigenvalue weighted by atomic mass is 79.9. The zero-order valence-corrected chi connectivity index (χ0v) is 24.0. The molecule has 2 aliphatic rings. The summed E-state index contributed by atoms with van der Waals surface area (Å²) in [5, 5.41) is 14.4. The van der Waals surface area contributed by atoms with Crippen LogP contribution in [0.1, 0.15) is 58.8 Å². The van der Waals surface area contributed by atoms with Gasteiger partial charge in [-0.2, -0.15) is 0 Å². The van der Waals surface area contributed by atoms with E-state index in [1.807, 2.05) is 0 Å². The molecule has 0 aromatic rings. The van der Waals surface area contributed by atoms with Gasteiger partial charge in [0.25, 0.3) is 0 Å². The van der Waals surface area contributed by atoms with Crippen LogP contribution in [0.15, 0.2) is 0 Å². The number of halogens is 4. The van der Waals surface area contributed by atoms with Crippen LogP contribution >= 0.6 is 67.9 Å². The minimum Gasteiger partial charge on any atom is -0.317 e. The third kappa shape index (κ3) is 20.8. The summed E-state index contributed by atoms with van der Waals surface area (Å²) in [4.78, 5) is 0. The van der Waals surface area contributed by atoms with Crippen LogP contribution in [0.4, 0.5) is 0 Å². The third-order valence-corrected chi connectivity index (χ3v) is 5.12. The van der Waals surface area contributed by atoms with Gasteiger partial charge in [-0.15, -0.1) is 67.9 Å². The quantitative estimate of drug-likeness (QED) is 0.188. The Balaban J connectivity index is -0.00000144. The van der Waals surface area contributed by atoms with Crippen molar-refractivity contribution >= 4 is 67.9 Å². The molecule has 4 N–H and O–H groups in total. The fourth-order valence-corrected chi connectivity index (χ4v) is 2.81. The average molecular weight is 648 g/mol. The molecule has 2 unspecified atom stereocenters. The van der Waals surface area contributed by atoms with E-state index in [1.165, 1.54) is 58.0 Å². The summed E-state index contributed by atoms with van der Waals surface area (Å²) in [5.41, 5.74) is 0. The predicted octanol–water partition coefficient (Wildman–Crippen LogP) is 4.42. The molecule has 2 aliphatic carbocycles. The fraction of sp³-hybridized carbons (Fsp3) is 1.00. The van der Waals surface area contributed by atoms with E-state index in [0.29, 0.717) is 12.1 Å². The summed E-state index contributed by atoms with van der Waals surface area (Å²) in [6.45, 7) is 11.6. The molecule has 0 amide bonds. The lowest BCUT2D eigenvalue weighted by Gasteiger charge is -2.15. The van der Waals surface area contributed by atoms with Crippen LogP contribution in [0.5, 0.6) is 0 Å². The summed E-state index contributed by atoms with van der Waals surface area (Å²) in [7, 11) is 0. The van der Waals surface area contributed by atoms with E-state index in [4.69, 9.17) is 0 Å². The van der Waals surface area contributed by atoms with Crippen LogP contribution in [0.2, 0.25) is 0 Å². The molecular weight excluding hydrogens is 604 g/mol. The summed E-state index contributed by atoms with van der Waals surface area (Å²) in [6.07, 6.45) is 9.49. The Morgan fingerprint density at radius 1 is 0.630 bits per heavy atom. The molecule has 2 rings (SSSR count). The van der Waals surface area contributed by atoms with Crippen molar-refractivity contribution in [1.82, 2.24) is 21.3 Å². The molecule has 0 radical (unpaired) electrons. The molecule has 0 bridgehead atoms. The Bertz CT molecular complexity index is 277. The first kappa shape index (κ1) is 33.4. The van der Waals surface area contributed by atoms with E-state index in [2.05, 4.69) is 35.1 Å². The first-order valence-electron chi connectivity index (χ1n) is 10.1. The van der Waals surface area contributed by atoms with Crippen LogP contribution in [-0.2, 0) is 0 Å². The molecular formula is C19H44Br4N4. The van der Waals surface area contributed by atoms with Gasteiger partial charge in [0.15, 0.2) is 0 Å². The van der Waals surface area contributed by atoms with Gasteiger partial charge in [-0.3, -0.25) is 0 Å². The highest BCUT2D eigenvalue weighted by molar-refractivity contribution is 8.93. The molecule has 0 aromatic carbocycles. The van der Waals surface area contributed by atoms with Gasteiger partial charge in [0, 0.05) is 12.1 Å². The van der Waals surface area contributed by atoms with Crippen LogP contribution in [0.3, 0.4) is 0 Å². The van der Waals surface area contributed by atoms with Gasteiger partial charge in [-0.25, -0.2) is 0 Å². The Morgan fingerprint density at radius 2 is 1.00 bits per heavy atom. The van der Waals surface area contributed by atoms with Gasteiger partial charge in [0.2, 0.25) is 0 Å². The predicted molar refractivity (Wildman–Crippen MR) is 141 cm³/mol. The van der Waals surface area contributed by atoms with E-state index in [-0.39, 0.29) is 67.9 Å². The van der Waals surface area contributed by atoms with E-state index < -0.39 is 0 Å². The third-order valence-electron chi connectivity index (χ3n) is 5.12. The number of hydrogen-bond acceptors (Lipinski definition) is 4. The SMILES string of the molecule is Br.Br.Br.Br.CC(CCNCCCNCCC(C)NCC1CC1)NCC1CC1. The van der Waals surface area contributed by atoms with Crippen molar-refractivity contribution in [3.63, 3.8) is 0 Å². The van der Waals surface area contributed by atoms with E-state index in [1.54, 1.807) is 0 Å². The van der Waals surface area contributed by atoms with Crippen LogP contribution in [-0.4, -0.2) is 51.4 Å². The summed E-state index contributed by atoms with van der Waals surface area (Å²) < 4.78 is 0. The zero-order valence-electron chi connectivity index (χ0n) is 17.1. The largest absolute Gasteiger partial charge is 0.317 e. The minimum atomic E-state index is 0. The Kier molecular flexibility index (Phi) is 26.0. The molecule has 0 spiro atoms. The maximum Gasteiger partial charge on any atom is 0.00509 e. The molecule has 0 aliphatic heterocycles. The molecule has 0 saturated heterocycles. The second-order valence-electron chi connectivity index (χ2n) is 7.94. The molecule has 0 heterocycles. The smallest absolute Gasteiger partial charge is 0.00509 e. The monoisotopic (exact) mass is 644 g/mol. The number of hydrogen-bond donors (Lipinski definition) is 4. The first-order chi connectivity index (χ1) is 11.2. The molecule has 2 saturated carbocycles. The molecule has 2 fully saturated rings. The molecule has 0 aromatic heterocycles. The second kappa shape index (κ2) is 21.0.